The predicted molar refractivity (Wildman–Crippen MR) is 123 cm³/mol. The molecule has 0 fully saturated rings. The van der Waals surface area contributed by atoms with Gasteiger partial charge in [0.15, 0.2) is 0 Å². The van der Waals surface area contributed by atoms with Crippen molar-refractivity contribution in [2.75, 3.05) is 16.3 Å². The zero-order valence-corrected chi connectivity index (χ0v) is 18.1. The predicted octanol–water partition coefficient (Wildman–Crippen LogP) is 6.05. The van der Waals surface area contributed by atoms with Crippen molar-refractivity contribution >= 4 is 39.3 Å². The minimum atomic E-state index is 0.709. The number of rotatable bonds is 9. The van der Waals surface area contributed by atoms with Crippen LogP contribution in [0.1, 0.15) is 12.5 Å². The molecule has 0 saturated carbocycles. The van der Waals surface area contributed by atoms with Crippen LogP contribution in [0.5, 0.6) is 0 Å². The van der Waals surface area contributed by atoms with Crippen LogP contribution in [0.25, 0.3) is 0 Å². The summed E-state index contributed by atoms with van der Waals surface area (Å²) in [7, 11) is 0. The van der Waals surface area contributed by atoms with Crippen molar-refractivity contribution < 1.29 is 0 Å². The molecule has 4 nitrogen and oxygen atoms in total. The van der Waals surface area contributed by atoms with Crippen molar-refractivity contribution in [2.24, 2.45) is 0 Å². The van der Waals surface area contributed by atoms with Crippen LogP contribution in [-0.4, -0.2) is 11.5 Å². The lowest BCUT2D eigenvalue weighted by Crippen LogP contribution is -2.21. The molecule has 2 aromatic carbocycles. The van der Waals surface area contributed by atoms with Gasteiger partial charge in [-0.05, 0) is 82.8 Å². The van der Waals surface area contributed by atoms with E-state index in [-0.39, 0.29) is 0 Å². The van der Waals surface area contributed by atoms with E-state index >= 15 is 0 Å². The number of pyridine rings is 1. The highest BCUT2D eigenvalue weighted by molar-refractivity contribution is 9.10. The Morgan fingerprint density at radius 2 is 1.89 bits per heavy atom. The molecule has 28 heavy (non-hydrogen) atoms. The van der Waals surface area contributed by atoms with E-state index in [0.717, 1.165) is 28.0 Å². The van der Waals surface area contributed by atoms with Gasteiger partial charge in [-0.25, -0.2) is 5.43 Å². The first-order valence-electron chi connectivity index (χ1n) is 9.05. The van der Waals surface area contributed by atoms with Crippen LogP contribution in [0.4, 0.5) is 11.4 Å². The first kappa shape index (κ1) is 20.5. The van der Waals surface area contributed by atoms with E-state index in [1.54, 1.807) is 18.1 Å². The van der Waals surface area contributed by atoms with Crippen LogP contribution >= 0.6 is 27.9 Å². The van der Waals surface area contributed by atoms with E-state index in [1.807, 2.05) is 31.3 Å². The standard InChI is InChI=1S/C22H23BrN4S/c1-2-3-15-27(28-22-9-5-4-8-21(22)23)20-12-10-19(11-13-20)26-25-17-18-7-6-14-24-16-18/h2-14,16,25-26H,15,17H2,1H3/b3-2+. The summed E-state index contributed by atoms with van der Waals surface area (Å²) in [4.78, 5) is 5.31. The van der Waals surface area contributed by atoms with Crippen LogP contribution < -0.4 is 15.2 Å². The molecule has 0 aliphatic rings. The van der Waals surface area contributed by atoms with Crippen molar-refractivity contribution in [2.45, 2.75) is 18.4 Å². The first-order chi connectivity index (χ1) is 13.8. The lowest BCUT2D eigenvalue weighted by atomic mass is 10.3. The van der Waals surface area contributed by atoms with Crippen LogP contribution in [-0.2, 0) is 6.54 Å². The number of hydrogen-bond acceptors (Lipinski definition) is 5. The fourth-order valence-corrected chi connectivity index (χ4v) is 3.92. The monoisotopic (exact) mass is 454 g/mol. The molecular weight excluding hydrogens is 432 g/mol. The minimum Gasteiger partial charge on any atom is -0.321 e. The number of halogens is 1. The van der Waals surface area contributed by atoms with Crippen LogP contribution in [0.2, 0.25) is 0 Å². The van der Waals surface area contributed by atoms with Crippen LogP contribution in [0, 0.1) is 0 Å². The molecule has 1 heterocycles. The van der Waals surface area contributed by atoms with E-state index in [2.05, 4.69) is 90.7 Å². The Morgan fingerprint density at radius 3 is 2.61 bits per heavy atom. The molecule has 0 bridgehead atoms. The average molecular weight is 455 g/mol. The molecule has 0 aliphatic carbocycles. The van der Waals surface area contributed by atoms with Gasteiger partial charge in [0.2, 0.25) is 0 Å². The molecule has 0 amide bonds. The quantitative estimate of drug-likeness (QED) is 0.234. The average Bonchev–Trinajstić information content (AvgIpc) is 2.74. The molecule has 2 N–H and O–H groups in total. The van der Waals surface area contributed by atoms with E-state index in [9.17, 15) is 0 Å². The van der Waals surface area contributed by atoms with Gasteiger partial charge in [-0.3, -0.25) is 4.98 Å². The highest BCUT2D eigenvalue weighted by atomic mass is 79.9. The van der Waals surface area contributed by atoms with Crippen LogP contribution in [0.15, 0.2) is 94.6 Å². The highest BCUT2D eigenvalue weighted by Crippen LogP contribution is 2.33. The zero-order valence-electron chi connectivity index (χ0n) is 15.7. The number of hydrazine groups is 1. The van der Waals surface area contributed by atoms with Gasteiger partial charge in [-0.15, -0.1) is 0 Å². The third-order valence-corrected chi connectivity index (χ3v) is 6.04. The molecule has 0 unspecified atom stereocenters. The molecule has 0 saturated heterocycles. The van der Waals surface area contributed by atoms with E-state index in [1.165, 1.54) is 4.90 Å². The number of nitrogens with one attached hydrogen (secondary N) is 2. The summed E-state index contributed by atoms with van der Waals surface area (Å²) < 4.78 is 3.37. The van der Waals surface area contributed by atoms with E-state index < -0.39 is 0 Å². The van der Waals surface area contributed by atoms with Crippen molar-refractivity contribution in [1.82, 2.24) is 10.4 Å². The Labute approximate surface area is 179 Å². The van der Waals surface area contributed by atoms with Crippen LogP contribution in [0.3, 0.4) is 0 Å². The minimum absolute atomic E-state index is 0.709. The molecule has 0 radical (unpaired) electrons. The second kappa shape index (κ2) is 10.9. The van der Waals surface area contributed by atoms with Gasteiger partial charge in [-0.2, -0.15) is 0 Å². The van der Waals surface area contributed by atoms with Gasteiger partial charge in [-0.1, -0.05) is 30.4 Å². The van der Waals surface area contributed by atoms with Gasteiger partial charge >= 0.3 is 0 Å². The summed E-state index contributed by atoms with van der Waals surface area (Å²) in [6.07, 6.45) is 7.87. The van der Waals surface area contributed by atoms with Gasteiger partial charge in [0.1, 0.15) is 0 Å². The van der Waals surface area contributed by atoms with Crippen molar-refractivity contribution in [1.29, 1.82) is 0 Å². The summed E-state index contributed by atoms with van der Waals surface area (Å²) in [6, 6.07) is 20.7. The summed E-state index contributed by atoms with van der Waals surface area (Å²) in [5, 5.41) is 0. The molecule has 6 heteroatoms. The molecule has 0 atom stereocenters. The number of aromatic nitrogens is 1. The van der Waals surface area contributed by atoms with E-state index in [4.69, 9.17) is 0 Å². The maximum atomic E-state index is 4.12. The second-order valence-electron chi connectivity index (χ2n) is 6.04. The molecule has 144 valence electrons. The van der Waals surface area contributed by atoms with E-state index in [0.29, 0.717) is 6.54 Å². The third kappa shape index (κ3) is 6.12. The summed E-state index contributed by atoms with van der Waals surface area (Å²) in [6.45, 7) is 3.58. The summed E-state index contributed by atoms with van der Waals surface area (Å²) in [5.74, 6) is 0. The number of allylic oxidation sites excluding steroid dienone is 1. The smallest absolute Gasteiger partial charge is 0.0489 e. The highest BCUT2D eigenvalue weighted by Gasteiger charge is 2.09. The molecular formula is C22H23BrN4S. The first-order valence-corrected chi connectivity index (χ1v) is 10.6. The van der Waals surface area contributed by atoms with Crippen molar-refractivity contribution in [3.63, 3.8) is 0 Å². The Bertz CT molecular complexity index is 885. The molecule has 0 spiro atoms. The molecule has 1 aromatic heterocycles. The number of benzene rings is 2. The van der Waals surface area contributed by atoms with Gasteiger partial charge < -0.3 is 9.73 Å². The summed E-state index contributed by atoms with van der Waals surface area (Å²) >= 11 is 5.36. The summed E-state index contributed by atoms with van der Waals surface area (Å²) in [5.41, 5.74) is 9.76. The SMILES string of the molecule is C/C=C/CN(Sc1ccccc1Br)c1ccc(NNCc2cccnc2)cc1. The van der Waals surface area contributed by atoms with Gasteiger partial charge in [0.05, 0.1) is 0 Å². The molecule has 3 aromatic rings. The number of nitrogens with zero attached hydrogens (tertiary/aromatic N) is 2. The molecule has 0 aliphatic heterocycles. The fraction of sp³-hybridized carbons (Fsp3) is 0.136. The Morgan fingerprint density at radius 1 is 1.07 bits per heavy atom. The lowest BCUT2D eigenvalue weighted by Gasteiger charge is -2.23. The zero-order chi connectivity index (χ0) is 19.6. The number of hydrogen-bond donors (Lipinski definition) is 2. The fourth-order valence-electron chi connectivity index (χ4n) is 2.50. The topological polar surface area (TPSA) is 40.2 Å². The second-order valence-corrected chi connectivity index (χ2v) is 7.96. The van der Waals surface area contributed by atoms with Gasteiger partial charge in [0.25, 0.3) is 0 Å². The maximum Gasteiger partial charge on any atom is 0.0489 e. The van der Waals surface area contributed by atoms with Crippen molar-refractivity contribution in [3.05, 3.63) is 95.2 Å². The number of anilines is 2. The Hall–Kier alpha value is -2.28. The lowest BCUT2D eigenvalue weighted by molar-refractivity contribution is 0.797. The van der Waals surface area contributed by atoms with Crippen molar-refractivity contribution in [3.8, 4) is 0 Å². The maximum absolute atomic E-state index is 4.12. The van der Waals surface area contributed by atoms with Gasteiger partial charge in [0, 0.05) is 46.2 Å². The Kier molecular flexibility index (Phi) is 7.96. The normalized spacial score (nSPS) is 10.9. The molecule has 3 rings (SSSR count). The Balaban J connectivity index is 1.63. The largest absolute Gasteiger partial charge is 0.321 e. The third-order valence-electron chi connectivity index (χ3n) is 3.96.